The predicted molar refractivity (Wildman–Crippen MR) is 91.4 cm³/mol. The summed E-state index contributed by atoms with van der Waals surface area (Å²) in [6, 6.07) is 5.82. The summed E-state index contributed by atoms with van der Waals surface area (Å²) < 4.78 is 11.9. The van der Waals surface area contributed by atoms with Crippen molar-refractivity contribution in [3.8, 4) is 0 Å². The van der Waals surface area contributed by atoms with Gasteiger partial charge in [0.2, 0.25) is 5.91 Å². The molecule has 5 nitrogen and oxygen atoms in total. The molecule has 1 aromatic heterocycles. The zero-order valence-electron chi connectivity index (χ0n) is 12.3. The Kier molecular flexibility index (Phi) is 8.23. The first-order chi connectivity index (χ1) is 10.8. The van der Waals surface area contributed by atoms with Gasteiger partial charge in [0.25, 0.3) is 0 Å². The monoisotopic (exact) mass is 359 g/mol. The van der Waals surface area contributed by atoms with E-state index in [4.69, 9.17) is 4.84 Å². The van der Waals surface area contributed by atoms with Crippen LogP contribution in [0.3, 0.4) is 0 Å². The van der Waals surface area contributed by atoms with Crippen LogP contribution < -0.4 is 0 Å². The average molecular weight is 359 g/mol. The normalized spacial score (nSPS) is 15.4. The molecule has 8 heteroatoms. The van der Waals surface area contributed by atoms with Crippen LogP contribution in [0.5, 0.6) is 0 Å². The van der Waals surface area contributed by atoms with Gasteiger partial charge in [-0.3, -0.25) is 9.63 Å². The topological polar surface area (TPSA) is 59.5 Å². The molecule has 2 heterocycles. The molecule has 0 saturated carbocycles. The van der Waals surface area contributed by atoms with E-state index in [1.807, 2.05) is 18.2 Å². The van der Waals surface area contributed by atoms with Gasteiger partial charge in [-0.2, -0.15) is 0 Å². The number of aromatic nitrogens is 1. The summed E-state index contributed by atoms with van der Waals surface area (Å²) in [5.41, 5.74) is 0. The van der Waals surface area contributed by atoms with Crippen molar-refractivity contribution in [2.24, 2.45) is 0 Å². The van der Waals surface area contributed by atoms with Crippen LogP contribution in [0.2, 0.25) is 0 Å². The fourth-order valence-electron chi connectivity index (χ4n) is 1.92. The van der Waals surface area contributed by atoms with E-state index in [0.29, 0.717) is 31.9 Å². The summed E-state index contributed by atoms with van der Waals surface area (Å²) in [6.45, 7) is 1.16. The van der Waals surface area contributed by atoms with Crippen molar-refractivity contribution in [2.45, 2.75) is 24.3 Å². The van der Waals surface area contributed by atoms with Crippen molar-refractivity contribution >= 4 is 35.3 Å². The average Bonchev–Trinajstić information content (AvgIpc) is 2.94. The van der Waals surface area contributed by atoms with Gasteiger partial charge in [-0.25, -0.2) is 10.0 Å². The Morgan fingerprint density at radius 1 is 1.36 bits per heavy atom. The van der Waals surface area contributed by atoms with Crippen molar-refractivity contribution in [2.75, 3.05) is 31.2 Å². The number of carbonyl (C=O) groups excluding carboxylic acids is 1. The molecule has 120 valence electrons. The number of carbonyl (C=O) groups is 1. The Bertz CT molecular complexity index is 490. The van der Waals surface area contributed by atoms with E-state index >= 15 is 0 Å². The minimum Gasteiger partial charge on any atom is -0.273 e. The highest BCUT2D eigenvalue weighted by Gasteiger charge is 2.21. The molecule has 0 aromatic carbocycles. The van der Waals surface area contributed by atoms with Crippen LogP contribution in [-0.4, -0.2) is 47.2 Å². The minimum absolute atomic E-state index is 0.0623. The summed E-state index contributed by atoms with van der Waals surface area (Å²) in [6.07, 6.45) is 5.33. The maximum absolute atomic E-state index is 11.9. The Balaban J connectivity index is 1.47. The lowest BCUT2D eigenvalue weighted by Gasteiger charge is -2.13. The van der Waals surface area contributed by atoms with E-state index < -0.39 is 7.80 Å². The number of hydrogen-bond donors (Lipinski definition) is 0. The van der Waals surface area contributed by atoms with Gasteiger partial charge in [-0.1, -0.05) is 21.4 Å². The van der Waals surface area contributed by atoms with Crippen molar-refractivity contribution in [1.29, 1.82) is 0 Å². The first-order valence-electron chi connectivity index (χ1n) is 7.31. The van der Waals surface area contributed by atoms with Gasteiger partial charge in [0.15, 0.2) is 6.16 Å². The summed E-state index contributed by atoms with van der Waals surface area (Å²) in [7, 11) is 2.11. The highest BCUT2D eigenvalue weighted by Crippen LogP contribution is 2.32. The molecule has 0 N–H and O–H groups in total. The summed E-state index contributed by atoms with van der Waals surface area (Å²) >= 11 is 0. The molecule has 2 rings (SSSR count). The zero-order valence-corrected chi connectivity index (χ0v) is 14.9. The molecule has 0 bridgehead atoms. The quantitative estimate of drug-likeness (QED) is 0.361. The Hall–Kier alpha value is -0.620. The molecular formula is C14H20N2O3PS2+. The van der Waals surface area contributed by atoms with E-state index in [-0.39, 0.29) is 5.91 Å². The molecule has 1 amide bonds. The number of hydrogen-bond acceptors (Lipinski definition) is 6. The first-order valence-corrected chi connectivity index (χ1v) is 11.3. The molecular weight excluding hydrogens is 339 g/mol. The van der Waals surface area contributed by atoms with E-state index in [1.54, 1.807) is 27.8 Å². The lowest BCUT2D eigenvalue weighted by molar-refractivity contribution is -0.177. The van der Waals surface area contributed by atoms with Crippen molar-refractivity contribution in [3.63, 3.8) is 0 Å². The largest absolute Gasteiger partial charge is 0.339 e. The molecule has 1 saturated heterocycles. The molecule has 1 aliphatic heterocycles. The second-order valence-corrected chi connectivity index (χ2v) is 9.08. The van der Waals surface area contributed by atoms with Crippen molar-refractivity contribution < 1.29 is 14.2 Å². The molecule has 0 aliphatic carbocycles. The van der Waals surface area contributed by atoms with E-state index in [0.717, 1.165) is 23.6 Å². The van der Waals surface area contributed by atoms with Crippen LogP contribution in [0.15, 0.2) is 29.4 Å². The van der Waals surface area contributed by atoms with Crippen LogP contribution in [0, 0.1) is 0 Å². The molecule has 1 unspecified atom stereocenters. The molecule has 1 aromatic rings. The van der Waals surface area contributed by atoms with E-state index in [9.17, 15) is 9.36 Å². The van der Waals surface area contributed by atoms with Gasteiger partial charge in [0, 0.05) is 31.3 Å². The van der Waals surface area contributed by atoms with E-state index in [1.165, 1.54) is 5.06 Å². The molecule has 0 spiro atoms. The third-order valence-corrected chi connectivity index (χ3v) is 7.14. The van der Waals surface area contributed by atoms with Gasteiger partial charge >= 0.3 is 7.80 Å². The summed E-state index contributed by atoms with van der Waals surface area (Å²) in [4.78, 5) is 20.9. The van der Waals surface area contributed by atoms with E-state index in [2.05, 4.69) is 4.98 Å². The van der Waals surface area contributed by atoms with Crippen molar-refractivity contribution in [3.05, 3.63) is 24.4 Å². The van der Waals surface area contributed by atoms with Gasteiger partial charge in [-0.15, -0.1) is 0 Å². The number of nitrogens with zero attached hydrogens (tertiary/aromatic N) is 2. The van der Waals surface area contributed by atoms with Gasteiger partial charge in [0.05, 0.1) is 6.61 Å². The second-order valence-electron chi connectivity index (χ2n) is 4.79. The van der Waals surface area contributed by atoms with Crippen LogP contribution in [0.1, 0.15) is 19.3 Å². The maximum Gasteiger partial charge on any atom is 0.339 e. The number of amides is 1. The first kappa shape index (κ1) is 17.7. The molecule has 1 atom stereocenters. The van der Waals surface area contributed by atoms with Gasteiger partial charge < -0.3 is 0 Å². The smallest absolute Gasteiger partial charge is 0.273 e. The minimum atomic E-state index is -1.18. The summed E-state index contributed by atoms with van der Waals surface area (Å²) in [5, 5.41) is 2.42. The van der Waals surface area contributed by atoms with Crippen molar-refractivity contribution in [1.82, 2.24) is 10.0 Å². The van der Waals surface area contributed by atoms with Crippen LogP contribution in [0.25, 0.3) is 0 Å². The summed E-state index contributed by atoms with van der Waals surface area (Å²) in [5.74, 6) is 0.911. The fourth-order valence-corrected chi connectivity index (χ4v) is 5.76. The van der Waals surface area contributed by atoms with Gasteiger partial charge in [0.1, 0.15) is 11.2 Å². The molecule has 22 heavy (non-hydrogen) atoms. The SMILES string of the molecule is O=C1CCCN1OCCC[P+](=O)CCSSc1ccccn1. The third kappa shape index (κ3) is 6.65. The predicted octanol–water partition coefficient (Wildman–Crippen LogP) is 3.59. The zero-order chi connectivity index (χ0) is 15.6. The molecule has 1 fully saturated rings. The van der Waals surface area contributed by atoms with Crippen LogP contribution >= 0.6 is 29.4 Å². The standard InChI is InChI=1S/C14H20N2O3PS2/c17-14-6-3-8-16(14)19-9-4-10-20(18)11-12-21-22-13-5-1-2-7-15-13/h1-2,5,7H,3-4,6,8-12H2/q+1. The van der Waals surface area contributed by atoms with Gasteiger partial charge in [-0.05, 0) is 29.3 Å². The highest BCUT2D eigenvalue weighted by atomic mass is 33.1. The lowest BCUT2D eigenvalue weighted by atomic mass is 10.4. The van der Waals surface area contributed by atoms with Crippen LogP contribution in [0.4, 0.5) is 0 Å². The molecule has 0 radical (unpaired) electrons. The van der Waals surface area contributed by atoms with Crippen LogP contribution in [-0.2, 0) is 14.2 Å². The Morgan fingerprint density at radius 3 is 3.00 bits per heavy atom. The third-order valence-electron chi connectivity index (χ3n) is 3.04. The number of rotatable bonds is 10. The second kappa shape index (κ2) is 10.2. The number of pyridine rings is 1. The fraction of sp³-hybridized carbons (Fsp3) is 0.571. The maximum atomic E-state index is 11.9. The highest BCUT2D eigenvalue weighted by molar-refractivity contribution is 8.76. The molecule has 1 aliphatic rings. The Labute approximate surface area is 139 Å². The number of hydroxylamine groups is 2. The lowest BCUT2D eigenvalue weighted by Crippen LogP contribution is -2.25. The Morgan fingerprint density at radius 2 is 2.27 bits per heavy atom.